The molecule has 2 saturated heterocycles. The van der Waals surface area contributed by atoms with Gasteiger partial charge in [0.2, 0.25) is 0 Å². The predicted octanol–water partition coefficient (Wildman–Crippen LogP) is 3.39. The number of likely N-dealkylation sites (tertiary alicyclic amines) is 1. The van der Waals surface area contributed by atoms with Crippen LogP contribution in [0.1, 0.15) is 39.2 Å². The van der Waals surface area contributed by atoms with Crippen molar-refractivity contribution in [2.75, 3.05) is 13.1 Å². The van der Waals surface area contributed by atoms with Gasteiger partial charge in [-0.25, -0.2) is 4.79 Å². The van der Waals surface area contributed by atoms with E-state index in [1.807, 2.05) is 31.7 Å². The number of nitrogens with zero attached hydrogens (tertiary/aromatic N) is 1. The van der Waals surface area contributed by atoms with E-state index >= 15 is 0 Å². The summed E-state index contributed by atoms with van der Waals surface area (Å²) < 4.78 is 5.56. The van der Waals surface area contributed by atoms with Crippen LogP contribution in [0.25, 0.3) is 0 Å². The molecule has 0 spiro atoms. The Hall–Kier alpha value is -1.26. The Morgan fingerprint density at radius 1 is 1.35 bits per heavy atom. The SMILES string of the molecule is CC(C)(C)OC(=O)N1CC2CCC(Cc3ccccc3)(C1)N2.Cl. The van der Waals surface area contributed by atoms with Crippen molar-refractivity contribution in [1.29, 1.82) is 0 Å². The minimum Gasteiger partial charge on any atom is -0.444 e. The standard InChI is InChI=1S/C18H26N2O2.ClH/c1-17(2,3)22-16(21)20-12-15-9-10-18(13-20,19-15)11-14-7-5-4-6-8-14;/h4-8,15,19H,9-13H2,1-3H3;1H. The predicted molar refractivity (Wildman–Crippen MR) is 94.1 cm³/mol. The van der Waals surface area contributed by atoms with Gasteiger partial charge in [0.05, 0.1) is 0 Å². The van der Waals surface area contributed by atoms with E-state index in [-0.39, 0.29) is 24.0 Å². The van der Waals surface area contributed by atoms with Gasteiger partial charge in [0.25, 0.3) is 0 Å². The fourth-order valence-corrected chi connectivity index (χ4v) is 3.63. The number of nitrogens with one attached hydrogen (secondary N) is 1. The first kappa shape index (κ1) is 18.1. The number of carbonyl (C=O) groups excluding carboxylic acids is 1. The van der Waals surface area contributed by atoms with Gasteiger partial charge in [-0.15, -0.1) is 12.4 Å². The van der Waals surface area contributed by atoms with Gasteiger partial charge >= 0.3 is 6.09 Å². The third kappa shape index (κ3) is 4.39. The van der Waals surface area contributed by atoms with E-state index in [0.717, 1.165) is 32.4 Å². The van der Waals surface area contributed by atoms with Gasteiger partial charge in [0.15, 0.2) is 0 Å². The van der Waals surface area contributed by atoms with E-state index in [1.165, 1.54) is 5.56 Å². The van der Waals surface area contributed by atoms with Gasteiger partial charge in [-0.2, -0.15) is 0 Å². The lowest BCUT2D eigenvalue weighted by molar-refractivity contribution is 0.0126. The highest BCUT2D eigenvalue weighted by Gasteiger charge is 2.46. The van der Waals surface area contributed by atoms with Crippen LogP contribution in [0.4, 0.5) is 4.79 Å². The van der Waals surface area contributed by atoms with Crippen molar-refractivity contribution < 1.29 is 9.53 Å². The van der Waals surface area contributed by atoms with Crippen LogP contribution in [0.15, 0.2) is 30.3 Å². The highest BCUT2D eigenvalue weighted by atomic mass is 35.5. The zero-order valence-corrected chi connectivity index (χ0v) is 15.0. The lowest BCUT2D eigenvalue weighted by Crippen LogP contribution is -2.62. The van der Waals surface area contributed by atoms with Crippen LogP contribution in [0.2, 0.25) is 0 Å². The van der Waals surface area contributed by atoms with Crippen LogP contribution in [0, 0.1) is 0 Å². The summed E-state index contributed by atoms with van der Waals surface area (Å²) in [4.78, 5) is 14.3. The second kappa shape index (κ2) is 6.70. The number of hydrogen-bond donors (Lipinski definition) is 1. The van der Waals surface area contributed by atoms with E-state index in [4.69, 9.17) is 4.74 Å². The molecule has 2 atom stereocenters. The molecule has 0 aliphatic carbocycles. The Morgan fingerprint density at radius 2 is 2.04 bits per heavy atom. The summed E-state index contributed by atoms with van der Waals surface area (Å²) in [6, 6.07) is 10.9. The molecule has 3 rings (SSSR count). The van der Waals surface area contributed by atoms with Gasteiger partial charge in [0, 0.05) is 24.7 Å². The number of rotatable bonds is 2. The summed E-state index contributed by atoms with van der Waals surface area (Å²) in [6.45, 7) is 7.24. The van der Waals surface area contributed by atoms with E-state index in [1.54, 1.807) is 0 Å². The Labute approximate surface area is 145 Å². The van der Waals surface area contributed by atoms with Gasteiger partial charge in [-0.1, -0.05) is 30.3 Å². The highest BCUT2D eigenvalue weighted by molar-refractivity contribution is 5.85. The fourth-order valence-electron chi connectivity index (χ4n) is 3.63. The van der Waals surface area contributed by atoms with Crippen LogP contribution in [-0.4, -0.2) is 41.3 Å². The molecule has 0 radical (unpaired) electrons. The third-order valence-electron chi connectivity index (χ3n) is 4.45. The van der Waals surface area contributed by atoms with Crippen LogP contribution in [0.3, 0.4) is 0 Å². The van der Waals surface area contributed by atoms with Crippen LogP contribution in [0.5, 0.6) is 0 Å². The van der Waals surface area contributed by atoms with Crippen LogP contribution >= 0.6 is 12.4 Å². The molecule has 5 heteroatoms. The molecular weight excluding hydrogens is 312 g/mol. The molecule has 0 saturated carbocycles. The maximum absolute atomic E-state index is 12.4. The molecule has 0 aromatic heterocycles. The van der Waals surface area contributed by atoms with E-state index in [0.29, 0.717) is 6.04 Å². The average molecular weight is 339 g/mol. The minimum atomic E-state index is -0.437. The second-order valence-corrected chi connectivity index (χ2v) is 7.68. The Morgan fingerprint density at radius 3 is 2.70 bits per heavy atom. The van der Waals surface area contributed by atoms with Crippen molar-refractivity contribution in [3.8, 4) is 0 Å². The molecule has 2 heterocycles. The molecule has 2 bridgehead atoms. The number of fused-ring (bicyclic) bond motifs is 2. The highest BCUT2D eigenvalue weighted by Crippen LogP contribution is 2.33. The van der Waals surface area contributed by atoms with Crippen molar-refractivity contribution in [2.24, 2.45) is 0 Å². The average Bonchev–Trinajstić information content (AvgIpc) is 2.72. The van der Waals surface area contributed by atoms with Gasteiger partial charge in [-0.05, 0) is 45.6 Å². The van der Waals surface area contributed by atoms with Gasteiger partial charge in [0.1, 0.15) is 5.60 Å². The van der Waals surface area contributed by atoms with Crippen molar-refractivity contribution in [3.05, 3.63) is 35.9 Å². The molecule has 1 N–H and O–H groups in total. The molecule has 1 aromatic carbocycles. The van der Waals surface area contributed by atoms with Crippen molar-refractivity contribution in [2.45, 2.75) is 57.2 Å². The monoisotopic (exact) mass is 338 g/mol. The number of benzene rings is 1. The quantitative estimate of drug-likeness (QED) is 0.898. The normalized spacial score (nSPS) is 26.6. The lowest BCUT2D eigenvalue weighted by atomic mass is 9.88. The summed E-state index contributed by atoms with van der Waals surface area (Å²) in [7, 11) is 0. The maximum Gasteiger partial charge on any atom is 0.410 e. The smallest absolute Gasteiger partial charge is 0.410 e. The molecule has 1 aromatic rings. The zero-order valence-electron chi connectivity index (χ0n) is 14.2. The van der Waals surface area contributed by atoms with Crippen LogP contribution in [-0.2, 0) is 11.2 Å². The largest absolute Gasteiger partial charge is 0.444 e. The molecule has 1 amide bonds. The van der Waals surface area contributed by atoms with Gasteiger partial charge in [-0.3, -0.25) is 0 Å². The van der Waals surface area contributed by atoms with Crippen LogP contribution < -0.4 is 5.32 Å². The lowest BCUT2D eigenvalue weighted by Gasteiger charge is -2.41. The molecule has 2 fully saturated rings. The molecule has 2 unspecified atom stereocenters. The minimum absolute atomic E-state index is 0. The van der Waals surface area contributed by atoms with E-state index < -0.39 is 5.60 Å². The number of hydrogen-bond acceptors (Lipinski definition) is 3. The molecule has 128 valence electrons. The number of ether oxygens (including phenoxy) is 1. The summed E-state index contributed by atoms with van der Waals surface area (Å²) in [6.07, 6.45) is 3.03. The first-order valence-electron chi connectivity index (χ1n) is 8.15. The summed E-state index contributed by atoms with van der Waals surface area (Å²) in [5, 5.41) is 3.75. The summed E-state index contributed by atoms with van der Waals surface area (Å²) >= 11 is 0. The maximum atomic E-state index is 12.4. The topological polar surface area (TPSA) is 41.6 Å². The van der Waals surface area contributed by atoms with E-state index in [2.05, 4.69) is 29.6 Å². The van der Waals surface area contributed by atoms with Gasteiger partial charge < -0.3 is 15.0 Å². The van der Waals surface area contributed by atoms with E-state index in [9.17, 15) is 4.79 Å². The number of carbonyl (C=O) groups is 1. The number of amides is 1. The number of halogens is 1. The fraction of sp³-hybridized carbons (Fsp3) is 0.611. The number of piperazine rings is 1. The Kier molecular flexibility index (Phi) is 5.27. The second-order valence-electron chi connectivity index (χ2n) is 7.68. The molecule has 2 aliphatic rings. The Bertz CT molecular complexity index is 544. The first-order valence-corrected chi connectivity index (χ1v) is 8.15. The van der Waals surface area contributed by atoms with Crippen molar-refractivity contribution in [1.82, 2.24) is 10.2 Å². The zero-order chi connectivity index (χ0) is 15.8. The third-order valence-corrected chi connectivity index (χ3v) is 4.45. The Balaban J connectivity index is 0.00000192. The summed E-state index contributed by atoms with van der Waals surface area (Å²) in [5.41, 5.74) is 0.885. The van der Waals surface area contributed by atoms with Crippen molar-refractivity contribution in [3.63, 3.8) is 0 Å². The van der Waals surface area contributed by atoms with Crippen molar-refractivity contribution >= 4 is 18.5 Å². The molecular formula is C18H27ClN2O2. The molecule has 2 aliphatic heterocycles. The summed E-state index contributed by atoms with van der Waals surface area (Å²) in [5.74, 6) is 0. The molecule has 23 heavy (non-hydrogen) atoms. The molecule has 4 nitrogen and oxygen atoms in total. The first-order chi connectivity index (χ1) is 10.4.